The van der Waals surface area contributed by atoms with E-state index in [1.165, 1.54) is 12.1 Å². The third-order valence-corrected chi connectivity index (χ3v) is 6.07. The van der Waals surface area contributed by atoms with Crippen molar-refractivity contribution in [3.05, 3.63) is 96.1 Å². The number of nitrogens with two attached hydrogens (primary N) is 1. The lowest BCUT2D eigenvalue weighted by Crippen LogP contribution is -2.11. The van der Waals surface area contributed by atoms with Gasteiger partial charge in [0, 0.05) is 22.9 Å². The summed E-state index contributed by atoms with van der Waals surface area (Å²) in [6, 6.07) is 25.9. The van der Waals surface area contributed by atoms with Gasteiger partial charge in [0.15, 0.2) is 0 Å². The lowest BCUT2D eigenvalue weighted by Gasteiger charge is -2.11. The normalized spacial score (nSPS) is 11.3. The van der Waals surface area contributed by atoms with E-state index in [1.54, 1.807) is 25.3 Å². The average molecular weight is 472 g/mol. The molecule has 0 spiro atoms. The van der Waals surface area contributed by atoms with E-state index in [0.29, 0.717) is 12.1 Å². The Balaban J connectivity index is 1.67. The van der Waals surface area contributed by atoms with Gasteiger partial charge in [0.2, 0.25) is 5.91 Å². The maximum Gasteiger partial charge on any atom is 0.387 e. The molecule has 1 amide bonds. The van der Waals surface area contributed by atoms with Crippen LogP contribution in [0.4, 0.5) is 8.78 Å². The number of carbonyl (C=O) groups excluding carboxylic acids is 1. The third kappa shape index (κ3) is 4.28. The van der Waals surface area contributed by atoms with Crippen LogP contribution in [0.3, 0.4) is 0 Å². The number of hydrogen-bond acceptors (Lipinski definition) is 3. The average Bonchev–Trinajstić information content (AvgIpc) is 3.17. The van der Waals surface area contributed by atoms with E-state index in [2.05, 4.69) is 15.4 Å². The SMILES string of the molecule is COc1ccc(-c2ccc3c4c(C(N)=O)cccc4n(Cc4ccc(OC(F)F)cc4)c3c2)cc1. The van der Waals surface area contributed by atoms with E-state index in [-0.39, 0.29) is 5.75 Å². The maximum atomic E-state index is 12.5. The summed E-state index contributed by atoms with van der Waals surface area (Å²) in [5.41, 5.74) is 10.9. The minimum atomic E-state index is -2.87. The molecule has 0 radical (unpaired) electrons. The Morgan fingerprint density at radius 3 is 2.23 bits per heavy atom. The summed E-state index contributed by atoms with van der Waals surface area (Å²) in [6.45, 7) is -2.41. The molecule has 2 N–H and O–H groups in total. The highest BCUT2D eigenvalue weighted by Gasteiger charge is 2.17. The van der Waals surface area contributed by atoms with Crippen LogP contribution in [0, 0.1) is 0 Å². The number of alkyl halides is 2. The number of fused-ring (bicyclic) bond motifs is 3. The number of carbonyl (C=O) groups is 1. The summed E-state index contributed by atoms with van der Waals surface area (Å²) in [5, 5.41) is 1.69. The van der Waals surface area contributed by atoms with E-state index < -0.39 is 12.5 Å². The van der Waals surface area contributed by atoms with Crippen molar-refractivity contribution in [2.45, 2.75) is 13.2 Å². The van der Waals surface area contributed by atoms with Crippen LogP contribution in [0.25, 0.3) is 32.9 Å². The molecule has 0 unspecified atom stereocenters. The summed E-state index contributed by atoms with van der Waals surface area (Å²) < 4.78 is 36.9. The molecule has 7 heteroatoms. The van der Waals surface area contributed by atoms with Crippen molar-refractivity contribution in [3.63, 3.8) is 0 Å². The van der Waals surface area contributed by atoms with Gasteiger partial charge in [-0.05, 0) is 59.2 Å². The second kappa shape index (κ2) is 9.10. The molecular formula is C28H22F2N2O3. The molecule has 0 aliphatic heterocycles. The van der Waals surface area contributed by atoms with Crippen molar-refractivity contribution < 1.29 is 23.0 Å². The van der Waals surface area contributed by atoms with Gasteiger partial charge >= 0.3 is 6.61 Å². The molecular weight excluding hydrogens is 450 g/mol. The van der Waals surface area contributed by atoms with E-state index in [0.717, 1.165) is 44.2 Å². The first-order chi connectivity index (χ1) is 16.9. The largest absolute Gasteiger partial charge is 0.497 e. The maximum absolute atomic E-state index is 12.5. The van der Waals surface area contributed by atoms with Gasteiger partial charge in [-0.2, -0.15) is 8.78 Å². The summed E-state index contributed by atoms with van der Waals surface area (Å²) in [5.74, 6) is 0.375. The quantitative estimate of drug-likeness (QED) is 0.306. The van der Waals surface area contributed by atoms with Crippen LogP contribution in [-0.4, -0.2) is 24.2 Å². The fraction of sp³-hybridized carbons (Fsp3) is 0.107. The van der Waals surface area contributed by atoms with Crippen molar-refractivity contribution >= 4 is 27.7 Å². The molecule has 0 aliphatic rings. The van der Waals surface area contributed by atoms with E-state index in [1.807, 2.05) is 48.5 Å². The molecule has 0 saturated heterocycles. The molecule has 5 nitrogen and oxygen atoms in total. The van der Waals surface area contributed by atoms with Crippen LogP contribution in [-0.2, 0) is 6.54 Å². The van der Waals surface area contributed by atoms with Gasteiger partial charge in [-0.15, -0.1) is 0 Å². The second-order valence-electron chi connectivity index (χ2n) is 8.13. The van der Waals surface area contributed by atoms with Gasteiger partial charge in [-0.1, -0.05) is 42.5 Å². The first-order valence-corrected chi connectivity index (χ1v) is 11.0. The number of nitrogens with zero attached hydrogens (tertiary/aromatic N) is 1. The molecule has 0 atom stereocenters. The molecule has 1 aromatic heterocycles. The number of methoxy groups -OCH3 is 1. The number of rotatable bonds is 7. The second-order valence-corrected chi connectivity index (χ2v) is 8.13. The minimum Gasteiger partial charge on any atom is -0.497 e. The van der Waals surface area contributed by atoms with Crippen LogP contribution in [0.2, 0.25) is 0 Å². The molecule has 0 aliphatic carbocycles. The van der Waals surface area contributed by atoms with Crippen molar-refractivity contribution in [2.75, 3.05) is 7.11 Å². The summed E-state index contributed by atoms with van der Waals surface area (Å²) in [4.78, 5) is 12.2. The molecule has 35 heavy (non-hydrogen) atoms. The lowest BCUT2D eigenvalue weighted by molar-refractivity contribution is -0.0498. The van der Waals surface area contributed by atoms with Crippen LogP contribution in [0.15, 0.2) is 84.9 Å². The molecule has 0 fully saturated rings. The topological polar surface area (TPSA) is 66.5 Å². The molecule has 4 aromatic carbocycles. The Morgan fingerprint density at radius 1 is 0.886 bits per heavy atom. The van der Waals surface area contributed by atoms with Crippen molar-refractivity contribution in [1.82, 2.24) is 4.57 Å². The first-order valence-electron chi connectivity index (χ1n) is 11.0. The Bertz CT molecular complexity index is 1520. The third-order valence-electron chi connectivity index (χ3n) is 6.07. The van der Waals surface area contributed by atoms with Crippen LogP contribution in [0.5, 0.6) is 11.5 Å². The molecule has 0 bridgehead atoms. The van der Waals surface area contributed by atoms with E-state index >= 15 is 0 Å². The van der Waals surface area contributed by atoms with E-state index in [4.69, 9.17) is 10.5 Å². The standard InChI is InChI=1S/C28H22F2N2O3/c1-34-20-12-7-18(8-13-20)19-9-14-22-25(15-19)32(24-4-2-3-23(26(22)24)27(31)33)16-17-5-10-21(11-6-17)35-28(29)30/h2-15,28H,16H2,1H3,(H2,31,33). The van der Waals surface area contributed by atoms with Gasteiger partial charge in [0.05, 0.1) is 18.1 Å². The van der Waals surface area contributed by atoms with Crippen LogP contribution < -0.4 is 15.2 Å². The smallest absolute Gasteiger partial charge is 0.387 e. The Kier molecular flexibility index (Phi) is 5.82. The predicted octanol–water partition coefficient (Wildman–Crippen LogP) is 6.22. The molecule has 5 rings (SSSR count). The summed E-state index contributed by atoms with van der Waals surface area (Å²) in [6.07, 6.45) is 0. The number of amides is 1. The number of halogens is 2. The highest BCUT2D eigenvalue weighted by atomic mass is 19.3. The monoisotopic (exact) mass is 472 g/mol. The number of primary amides is 1. The van der Waals surface area contributed by atoms with Gasteiger partial charge in [0.25, 0.3) is 0 Å². The number of ether oxygens (including phenoxy) is 2. The Labute approximate surface area is 200 Å². The zero-order valence-electron chi connectivity index (χ0n) is 18.9. The minimum absolute atomic E-state index is 0.101. The van der Waals surface area contributed by atoms with Crippen LogP contribution in [0.1, 0.15) is 15.9 Å². The van der Waals surface area contributed by atoms with E-state index in [9.17, 15) is 13.6 Å². The van der Waals surface area contributed by atoms with Gasteiger partial charge in [-0.25, -0.2) is 0 Å². The van der Waals surface area contributed by atoms with Gasteiger partial charge in [0.1, 0.15) is 11.5 Å². The number of aromatic nitrogens is 1. The van der Waals surface area contributed by atoms with Crippen molar-refractivity contribution in [3.8, 4) is 22.6 Å². The first kappa shape index (κ1) is 22.4. The van der Waals surface area contributed by atoms with Gasteiger partial charge in [-0.3, -0.25) is 4.79 Å². The zero-order chi connectivity index (χ0) is 24.5. The highest BCUT2D eigenvalue weighted by molar-refractivity contribution is 6.18. The van der Waals surface area contributed by atoms with Crippen molar-refractivity contribution in [2.24, 2.45) is 5.73 Å². The summed E-state index contributed by atoms with van der Waals surface area (Å²) >= 11 is 0. The fourth-order valence-corrected chi connectivity index (χ4v) is 4.44. The highest BCUT2D eigenvalue weighted by Crippen LogP contribution is 2.35. The predicted molar refractivity (Wildman–Crippen MR) is 132 cm³/mol. The molecule has 0 saturated carbocycles. The number of hydrogen-bond donors (Lipinski definition) is 1. The van der Waals surface area contributed by atoms with Crippen molar-refractivity contribution in [1.29, 1.82) is 0 Å². The Hall–Kier alpha value is -4.39. The Morgan fingerprint density at radius 2 is 1.57 bits per heavy atom. The molecule has 1 heterocycles. The van der Waals surface area contributed by atoms with Gasteiger partial charge < -0.3 is 19.8 Å². The number of benzene rings is 4. The summed E-state index contributed by atoms with van der Waals surface area (Å²) in [7, 11) is 1.63. The lowest BCUT2D eigenvalue weighted by atomic mass is 10.0. The fourth-order valence-electron chi connectivity index (χ4n) is 4.44. The van der Waals surface area contributed by atoms with Crippen LogP contribution >= 0.6 is 0 Å². The zero-order valence-corrected chi connectivity index (χ0v) is 18.9. The molecule has 176 valence electrons. The molecule has 5 aromatic rings.